The summed E-state index contributed by atoms with van der Waals surface area (Å²) in [5.41, 5.74) is 2.03. The zero-order chi connectivity index (χ0) is 15.6. The van der Waals surface area contributed by atoms with Crippen molar-refractivity contribution in [2.75, 3.05) is 0 Å². The molecule has 1 heterocycles. The van der Waals surface area contributed by atoms with Crippen LogP contribution in [0.15, 0.2) is 30.5 Å². The van der Waals surface area contributed by atoms with Crippen molar-refractivity contribution < 1.29 is 9.72 Å². The first-order valence-corrected chi connectivity index (χ1v) is 6.44. The number of carbonyl (C=O) groups is 1. The molecule has 0 fully saturated rings. The van der Waals surface area contributed by atoms with Crippen LogP contribution in [0.1, 0.15) is 34.6 Å². The molecule has 0 aliphatic heterocycles. The largest absolute Gasteiger partial charge is 0.345 e. The van der Waals surface area contributed by atoms with Crippen LogP contribution in [0.25, 0.3) is 0 Å². The Bertz CT molecular complexity index is 693. The van der Waals surface area contributed by atoms with Gasteiger partial charge in [0.1, 0.15) is 0 Å². The fourth-order valence-electron chi connectivity index (χ4n) is 2.06. The van der Waals surface area contributed by atoms with Crippen molar-refractivity contribution in [3.8, 4) is 0 Å². The van der Waals surface area contributed by atoms with Crippen LogP contribution in [0.4, 0.5) is 5.69 Å². The molecule has 0 aliphatic rings. The van der Waals surface area contributed by atoms with Crippen molar-refractivity contribution in [1.82, 2.24) is 15.1 Å². The summed E-state index contributed by atoms with van der Waals surface area (Å²) < 4.78 is 1.73. The van der Waals surface area contributed by atoms with E-state index in [9.17, 15) is 14.9 Å². The molecule has 1 amide bonds. The Morgan fingerprint density at radius 3 is 2.76 bits per heavy atom. The molecule has 7 heteroatoms. The highest BCUT2D eigenvalue weighted by Crippen LogP contribution is 2.18. The molecule has 1 aromatic heterocycles. The molecule has 0 unspecified atom stereocenters. The molecule has 7 nitrogen and oxygen atoms in total. The minimum Gasteiger partial charge on any atom is -0.345 e. The van der Waals surface area contributed by atoms with E-state index in [1.54, 1.807) is 16.9 Å². The quantitative estimate of drug-likeness (QED) is 0.689. The monoisotopic (exact) mass is 288 g/mol. The second-order valence-corrected chi connectivity index (χ2v) is 4.81. The highest BCUT2D eigenvalue weighted by Gasteiger charge is 2.17. The average Bonchev–Trinajstić information content (AvgIpc) is 2.79. The highest BCUT2D eigenvalue weighted by atomic mass is 16.6. The van der Waals surface area contributed by atoms with Gasteiger partial charge in [0.05, 0.1) is 17.2 Å². The van der Waals surface area contributed by atoms with Crippen molar-refractivity contribution in [1.29, 1.82) is 0 Å². The molecular weight excluding hydrogens is 272 g/mol. The standard InChI is InChI=1S/C14H16N4O3/c1-9(13-8-15-17(3)10(13)2)16-14(19)11-5-4-6-12(7-11)18(20)21/h4-9H,1-3H3,(H,16,19)/t9-/m0/s1. The number of amides is 1. The van der Waals surface area contributed by atoms with E-state index in [0.29, 0.717) is 0 Å². The van der Waals surface area contributed by atoms with E-state index in [1.165, 1.54) is 18.2 Å². The Morgan fingerprint density at radius 1 is 1.48 bits per heavy atom. The van der Waals surface area contributed by atoms with Crippen molar-refractivity contribution in [3.63, 3.8) is 0 Å². The van der Waals surface area contributed by atoms with Crippen molar-refractivity contribution in [3.05, 3.63) is 57.4 Å². The Kier molecular flexibility index (Phi) is 4.02. The molecule has 0 spiro atoms. The lowest BCUT2D eigenvalue weighted by atomic mass is 10.1. The van der Waals surface area contributed by atoms with E-state index in [1.807, 2.05) is 20.9 Å². The number of hydrogen-bond donors (Lipinski definition) is 1. The maximum Gasteiger partial charge on any atom is 0.270 e. The fraction of sp³-hybridized carbons (Fsp3) is 0.286. The van der Waals surface area contributed by atoms with Crippen LogP contribution in [0.2, 0.25) is 0 Å². The number of aryl methyl sites for hydroxylation is 1. The molecule has 0 bridgehead atoms. The number of carbonyl (C=O) groups excluding carboxylic acids is 1. The van der Waals surface area contributed by atoms with E-state index in [-0.39, 0.29) is 23.2 Å². The van der Waals surface area contributed by atoms with E-state index in [0.717, 1.165) is 11.3 Å². The van der Waals surface area contributed by atoms with E-state index < -0.39 is 4.92 Å². The number of benzene rings is 1. The normalized spacial score (nSPS) is 12.0. The second kappa shape index (κ2) is 5.74. The highest BCUT2D eigenvalue weighted by molar-refractivity contribution is 5.95. The van der Waals surface area contributed by atoms with Gasteiger partial charge >= 0.3 is 0 Å². The first kappa shape index (κ1) is 14.7. The predicted molar refractivity (Wildman–Crippen MR) is 76.9 cm³/mol. The predicted octanol–water partition coefficient (Wildman–Crippen LogP) is 2.13. The molecule has 0 saturated heterocycles. The van der Waals surface area contributed by atoms with Crippen LogP contribution in [-0.2, 0) is 7.05 Å². The van der Waals surface area contributed by atoms with Crippen LogP contribution in [-0.4, -0.2) is 20.6 Å². The maximum absolute atomic E-state index is 12.2. The number of nitro groups is 1. The van der Waals surface area contributed by atoms with Crippen molar-refractivity contribution in [2.45, 2.75) is 19.9 Å². The number of hydrogen-bond acceptors (Lipinski definition) is 4. The van der Waals surface area contributed by atoms with Gasteiger partial charge in [0.15, 0.2) is 0 Å². The van der Waals surface area contributed by atoms with Crippen LogP contribution >= 0.6 is 0 Å². The summed E-state index contributed by atoms with van der Waals surface area (Å²) in [5.74, 6) is -0.352. The summed E-state index contributed by atoms with van der Waals surface area (Å²) in [6.07, 6.45) is 1.70. The van der Waals surface area contributed by atoms with E-state index >= 15 is 0 Å². The van der Waals surface area contributed by atoms with Gasteiger partial charge in [-0.15, -0.1) is 0 Å². The molecule has 2 rings (SSSR count). The minimum atomic E-state index is -0.522. The molecule has 110 valence electrons. The van der Waals surface area contributed by atoms with Gasteiger partial charge in [-0.2, -0.15) is 5.10 Å². The third kappa shape index (κ3) is 3.07. The van der Waals surface area contributed by atoms with Gasteiger partial charge in [0.25, 0.3) is 11.6 Å². The van der Waals surface area contributed by atoms with Gasteiger partial charge < -0.3 is 5.32 Å². The summed E-state index contributed by atoms with van der Waals surface area (Å²) >= 11 is 0. The Morgan fingerprint density at radius 2 is 2.19 bits per heavy atom. The summed E-state index contributed by atoms with van der Waals surface area (Å²) in [4.78, 5) is 22.4. The molecular formula is C14H16N4O3. The Hall–Kier alpha value is -2.70. The molecule has 0 radical (unpaired) electrons. The van der Waals surface area contributed by atoms with E-state index in [4.69, 9.17) is 0 Å². The van der Waals surface area contributed by atoms with Gasteiger partial charge in [-0.25, -0.2) is 0 Å². The molecule has 0 aliphatic carbocycles. The van der Waals surface area contributed by atoms with Crippen LogP contribution < -0.4 is 5.32 Å². The number of nitrogens with one attached hydrogen (secondary N) is 1. The van der Waals surface area contributed by atoms with Crippen molar-refractivity contribution in [2.24, 2.45) is 7.05 Å². The molecule has 1 N–H and O–H groups in total. The van der Waals surface area contributed by atoms with Gasteiger partial charge in [0.2, 0.25) is 0 Å². The average molecular weight is 288 g/mol. The summed E-state index contributed by atoms with van der Waals surface area (Å²) in [7, 11) is 1.83. The van der Waals surface area contributed by atoms with Gasteiger partial charge in [0, 0.05) is 36.0 Å². The Balaban J connectivity index is 2.16. The summed E-state index contributed by atoms with van der Waals surface area (Å²) in [5, 5.41) is 17.7. The zero-order valence-electron chi connectivity index (χ0n) is 12.0. The fourth-order valence-corrected chi connectivity index (χ4v) is 2.06. The number of nitrogens with zero attached hydrogens (tertiary/aromatic N) is 3. The number of nitro benzene ring substituents is 1. The molecule has 2 aromatic rings. The van der Waals surface area contributed by atoms with E-state index in [2.05, 4.69) is 10.4 Å². The maximum atomic E-state index is 12.2. The summed E-state index contributed by atoms with van der Waals surface area (Å²) in [6.45, 7) is 3.76. The SMILES string of the molecule is Cc1c([C@H](C)NC(=O)c2cccc([N+](=O)[O-])c2)cnn1C. The van der Waals surface area contributed by atoms with Crippen LogP contribution in [0.5, 0.6) is 0 Å². The number of non-ortho nitro benzene ring substituents is 1. The lowest BCUT2D eigenvalue weighted by Gasteiger charge is -2.13. The molecule has 1 atom stereocenters. The molecule has 0 saturated carbocycles. The molecule has 21 heavy (non-hydrogen) atoms. The number of rotatable bonds is 4. The minimum absolute atomic E-state index is 0.104. The second-order valence-electron chi connectivity index (χ2n) is 4.81. The smallest absolute Gasteiger partial charge is 0.270 e. The van der Waals surface area contributed by atoms with Gasteiger partial charge in [-0.05, 0) is 19.9 Å². The summed E-state index contributed by atoms with van der Waals surface area (Å²) in [6, 6.07) is 5.42. The number of aromatic nitrogens is 2. The lowest BCUT2D eigenvalue weighted by Crippen LogP contribution is -2.27. The van der Waals surface area contributed by atoms with Gasteiger partial charge in [-0.3, -0.25) is 19.6 Å². The van der Waals surface area contributed by atoms with Crippen LogP contribution in [0, 0.1) is 17.0 Å². The van der Waals surface area contributed by atoms with Crippen molar-refractivity contribution >= 4 is 11.6 Å². The molecule has 1 aromatic carbocycles. The zero-order valence-corrected chi connectivity index (χ0v) is 12.0. The first-order valence-electron chi connectivity index (χ1n) is 6.44. The van der Waals surface area contributed by atoms with Gasteiger partial charge in [-0.1, -0.05) is 6.07 Å². The first-order chi connectivity index (χ1) is 9.90. The lowest BCUT2D eigenvalue weighted by molar-refractivity contribution is -0.384. The van der Waals surface area contributed by atoms with Crippen LogP contribution in [0.3, 0.4) is 0 Å². The third-order valence-corrected chi connectivity index (χ3v) is 3.41. The Labute approximate surface area is 121 Å². The topological polar surface area (TPSA) is 90.1 Å². The third-order valence-electron chi connectivity index (χ3n) is 3.41.